The second-order valence-corrected chi connectivity index (χ2v) is 4.62. The minimum Gasteiger partial charge on any atom is -0.382 e. The average molecular weight is 241 g/mol. The van der Waals surface area contributed by atoms with Crippen molar-refractivity contribution in [2.45, 2.75) is 19.8 Å². The van der Waals surface area contributed by atoms with Crippen molar-refractivity contribution >= 4 is 17.3 Å². The van der Waals surface area contributed by atoms with Crippen LogP contribution in [0.5, 0.6) is 0 Å². The van der Waals surface area contributed by atoms with E-state index in [-0.39, 0.29) is 0 Å². The minimum absolute atomic E-state index is 0.553. The summed E-state index contributed by atoms with van der Waals surface area (Å²) in [4.78, 5) is 4.08. The van der Waals surface area contributed by atoms with E-state index < -0.39 is 0 Å². The largest absolute Gasteiger partial charge is 0.382 e. The van der Waals surface area contributed by atoms with E-state index in [9.17, 15) is 0 Å². The monoisotopic (exact) mass is 240 g/mol. The Balaban J connectivity index is 1.93. The van der Waals surface area contributed by atoms with Crippen LogP contribution < -0.4 is 5.32 Å². The topological polar surface area (TPSA) is 34.2 Å². The highest BCUT2D eigenvalue weighted by molar-refractivity contribution is 6.32. The molecule has 2 rings (SSSR count). The van der Waals surface area contributed by atoms with Gasteiger partial charge in [0.25, 0.3) is 0 Å². The summed E-state index contributed by atoms with van der Waals surface area (Å²) in [6.45, 7) is 4.70. The molecule has 1 N–H and O–H groups in total. The molecule has 1 unspecified atom stereocenters. The first-order valence-corrected chi connectivity index (χ1v) is 6.08. The van der Waals surface area contributed by atoms with Crippen LogP contribution in [0.1, 0.15) is 18.4 Å². The number of hydrogen-bond donors (Lipinski definition) is 1. The number of pyridine rings is 1. The summed E-state index contributed by atoms with van der Waals surface area (Å²) in [7, 11) is 0. The summed E-state index contributed by atoms with van der Waals surface area (Å²) < 4.78 is 5.44. The third kappa shape index (κ3) is 2.86. The highest BCUT2D eigenvalue weighted by atomic mass is 35.5. The summed E-state index contributed by atoms with van der Waals surface area (Å²) >= 11 is 6.04. The van der Waals surface area contributed by atoms with E-state index in [1.54, 1.807) is 6.20 Å². The predicted octanol–water partition coefficient (Wildman–Crippen LogP) is 2.88. The highest BCUT2D eigenvalue weighted by Gasteiger charge is 2.14. The van der Waals surface area contributed by atoms with E-state index in [2.05, 4.69) is 10.3 Å². The molecule has 1 aromatic heterocycles. The number of nitrogens with one attached hydrogen (secondary N) is 1. The second kappa shape index (κ2) is 5.51. The molecule has 1 fully saturated rings. The van der Waals surface area contributed by atoms with Gasteiger partial charge in [-0.1, -0.05) is 11.6 Å². The smallest absolute Gasteiger partial charge is 0.152 e. The molecular formula is C12H17ClN2O. The van der Waals surface area contributed by atoms with Crippen LogP contribution >= 0.6 is 11.6 Å². The van der Waals surface area contributed by atoms with Gasteiger partial charge in [-0.2, -0.15) is 0 Å². The first kappa shape index (κ1) is 11.7. The molecule has 0 aliphatic carbocycles. The van der Waals surface area contributed by atoms with Gasteiger partial charge in [-0.05, 0) is 37.3 Å². The molecule has 1 saturated heterocycles. The maximum Gasteiger partial charge on any atom is 0.152 e. The molecule has 0 radical (unpaired) electrons. The van der Waals surface area contributed by atoms with Gasteiger partial charge in [0.05, 0.1) is 12.3 Å². The summed E-state index contributed by atoms with van der Waals surface area (Å²) in [5.41, 5.74) is 2.09. The molecular weight excluding hydrogens is 224 g/mol. The van der Waals surface area contributed by atoms with Gasteiger partial charge < -0.3 is 10.1 Å². The third-order valence-electron chi connectivity index (χ3n) is 2.94. The normalized spacial score (nSPS) is 20.8. The Labute approximate surface area is 101 Å². The maximum atomic E-state index is 6.04. The van der Waals surface area contributed by atoms with Crippen LogP contribution in [0.2, 0.25) is 5.15 Å². The van der Waals surface area contributed by atoms with Gasteiger partial charge in [0.2, 0.25) is 0 Å². The Kier molecular flexibility index (Phi) is 4.02. The molecule has 88 valence electrons. The summed E-state index contributed by atoms with van der Waals surface area (Å²) in [6, 6.07) is 1.96. The molecule has 16 heavy (non-hydrogen) atoms. The molecule has 0 bridgehead atoms. The number of hydrogen-bond acceptors (Lipinski definition) is 3. The molecule has 1 aliphatic rings. The number of aryl methyl sites for hydroxylation is 1. The van der Waals surface area contributed by atoms with Gasteiger partial charge in [0, 0.05) is 19.3 Å². The van der Waals surface area contributed by atoms with Crippen molar-refractivity contribution in [3.05, 3.63) is 23.0 Å². The average Bonchev–Trinajstić information content (AvgIpc) is 2.30. The molecule has 3 nitrogen and oxygen atoms in total. The van der Waals surface area contributed by atoms with Crippen molar-refractivity contribution in [3.63, 3.8) is 0 Å². The van der Waals surface area contributed by atoms with Crippen LogP contribution in [0.15, 0.2) is 12.3 Å². The first-order chi connectivity index (χ1) is 7.77. The molecule has 0 saturated carbocycles. The van der Waals surface area contributed by atoms with Crippen molar-refractivity contribution in [2.24, 2.45) is 5.92 Å². The summed E-state index contributed by atoms with van der Waals surface area (Å²) in [6.07, 6.45) is 4.11. The standard InChI is InChI=1S/C12H17ClN2O/c1-9-4-5-14-12(13)11(9)15-7-10-3-2-6-16-8-10/h4-5,10,15H,2-3,6-8H2,1H3. The van der Waals surface area contributed by atoms with Crippen molar-refractivity contribution in [3.8, 4) is 0 Å². The molecule has 1 atom stereocenters. The van der Waals surface area contributed by atoms with Gasteiger partial charge in [0.15, 0.2) is 5.15 Å². The lowest BCUT2D eigenvalue weighted by atomic mass is 10.0. The van der Waals surface area contributed by atoms with Crippen molar-refractivity contribution in [2.75, 3.05) is 25.1 Å². The lowest BCUT2D eigenvalue weighted by molar-refractivity contribution is 0.0595. The Morgan fingerprint density at radius 2 is 2.50 bits per heavy atom. The molecule has 2 heterocycles. The molecule has 1 aromatic rings. The van der Waals surface area contributed by atoms with Crippen molar-refractivity contribution in [1.82, 2.24) is 4.98 Å². The van der Waals surface area contributed by atoms with Crippen LogP contribution in [-0.4, -0.2) is 24.7 Å². The summed E-state index contributed by atoms with van der Waals surface area (Å²) in [5.74, 6) is 0.587. The van der Waals surface area contributed by atoms with E-state index in [0.717, 1.165) is 37.4 Å². The number of nitrogens with zero attached hydrogens (tertiary/aromatic N) is 1. The van der Waals surface area contributed by atoms with Crippen molar-refractivity contribution in [1.29, 1.82) is 0 Å². The predicted molar refractivity (Wildman–Crippen MR) is 66.0 cm³/mol. The number of aromatic nitrogens is 1. The van der Waals surface area contributed by atoms with Crippen LogP contribution in [0, 0.1) is 12.8 Å². The maximum absolute atomic E-state index is 6.04. The Hall–Kier alpha value is -0.800. The van der Waals surface area contributed by atoms with Gasteiger partial charge in [-0.25, -0.2) is 4.98 Å². The second-order valence-electron chi connectivity index (χ2n) is 4.26. The lowest BCUT2D eigenvalue weighted by Crippen LogP contribution is -2.24. The highest BCUT2D eigenvalue weighted by Crippen LogP contribution is 2.24. The zero-order valence-electron chi connectivity index (χ0n) is 9.50. The van der Waals surface area contributed by atoms with Crippen LogP contribution in [0.3, 0.4) is 0 Å². The summed E-state index contributed by atoms with van der Waals surface area (Å²) in [5, 5.41) is 3.93. The fraction of sp³-hybridized carbons (Fsp3) is 0.583. The van der Waals surface area contributed by atoms with Gasteiger partial charge in [-0.3, -0.25) is 0 Å². The van der Waals surface area contributed by atoms with E-state index in [4.69, 9.17) is 16.3 Å². The number of ether oxygens (including phenoxy) is 1. The molecule has 0 amide bonds. The number of halogens is 1. The number of rotatable bonds is 3. The van der Waals surface area contributed by atoms with Gasteiger partial charge in [0.1, 0.15) is 0 Å². The fourth-order valence-electron chi connectivity index (χ4n) is 1.95. The van der Waals surface area contributed by atoms with Gasteiger partial charge >= 0.3 is 0 Å². The van der Waals surface area contributed by atoms with Crippen LogP contribution in [-0.2, 0) is 4.74 Å². The SMILES string of the molecule is Cc1ccnc(Cl)c1NCC1CCCOC1. The third-order valence-corrected chi connectivity index (χ3v) is 3.22. The lowest BCUT2D eigenvalue weighted by Gasteiger charge is -2.23. The van der Waals surface area contributed by atoms with Gasteiger partial charge in [-0.15, -0.1) is 0 Å². The number of anilines is 1. The Bertz CT molecular complexity index is 331. The molecule has 0 spiro atoms. The van der Waals surface area contributed by atoms with Crippen molar-refractivity contribution < 1.29 is 4.74 Å². The first-order valence-electron chi connectivity index (χ1n) is 5.70. The molecule has 4 heteroatoms. The quantitative estimate of drug-likeness (QED) is 0.825. The fourth-order valence-corrected chi connectivity index (χ4v) is 2.22. The van der Waals surface area contributed by atoms with Crippen LogP contribution in [0.25, 0.3) is 0 Å². The van der Waals surface area contributed by atoms with E-state index in [0.29, 0.717) is 11.1 Å². The molecule has 1 aliphatic heterocycles. The Morgan fingerprint density at radius 3 is 3.19 bits per heavy atom. The zero-order chi connectivity index (χ0) is 11.4. The van der Waals surface area contributed by atoms with E-state index in [1.807, 2.05) is 13.0 Å². The van der Waals surface area contributed by atoms with E-state index in [1.165, 1.54) is 6.42 Å². The van der Waals surface area contributed by atoms with E-state index >= 15 is 0 Å². The minimum atomic E-state index is 0.553. The zero-order valence-corrected chi connectivity index (χ0v) is 10.3. The molecule has 0 aromatic carbocycles. The Morgan fingerprint density at radius 1 is 1.62 bits per heavy atom. The van der Waals surface area contributed by atoms with Crippen LogP contribution in [0.4, 0.5) is 5.69 Å².